The third-order valence-electron chi connectivity index (χ3n) is 4.54. The highest BCUT2D eigenvalue weighted by Crippen LogP contribution is 2.42. The van der Waals surface area contributed by atoms with Gasteiger partial charge in [0.05, 0.1) is 23.8 Å². The lowest BCUT2D eigenvalue weighted by Gasteiger charge is -2.24. The molecule has 0 aliphatic rings. The van der Waals surface area contributed by atoms with Crippen molar-refractivity contribution < 1.29 is 30.7 Å². The zero-order chi connectivity index (χ0) is 23.1. The molecule has 166 valence electrons. The van der Waals surface area contributed by atoms with Crippen LogP contribution in [-0.2, 0) is 16.2 Å². The van der Waals surface area contributed by atoms with E-state index in [2.05, 4.69) is 9.97 Å². The van der Waals surface area contributed by atoms with E-state index in [0.717, 1.165) is 47.1 Å². The number of hydrogen-bond acceptors (Lipinski definition) is 6. The number of fused-ring (bicyclic) bond motifs is 1. The van der Waals surface area contributed by atoms with Crippen LogP contribution in [0.2, 0.25) is 0 Å². The maximum absolute atomic E-state index is 14.2. The molecule has 0 bridgehead atoms. The molecule has 0 fully saturated rings. The van der Waals surface area contributed by atoms with Gasteiger partial charge in [-0.2, -0.15) is 13.2 Å². The van der Waals surface area contributed by atoms with E-state index >= 15 is 0 Å². The van der Waals surface area contributed by atoms with Crippen LogP contribution in [0.25, 0.3) is 10.8 Å². The molecule has 0 unspecified atom stereocenters. The predicted molar refractivity (Wildman–Crippen MR) is 111 cm³/mol. The topological polar surface area (TPSA) is 72.4 Å². The number of methoxy groups -OCH3 is 1. The van der Waals surface area contributed by atoms with Crippen LogP contribution in [-0.4, -0.2) is 25.5 Å². The van der Waals surface area contributed by atoms with Gasteiger partial charge in [0, 0.05) is 28.5 Å². The fraction of sp³-hybridized carbons (Fsp3) is 0.100. The molecule has 0 amide bonds. The van der Waals surface area contributed by atoms with Gasteiger partial charge in [0.15, 0.2) is 0 Å². The number of anilines is 2. The second-order valence-electron chi connectivity index (χ2n) is 6.47. The molecule has 0 aliphatic heterocycles. The molecule has 0 saturated carbocycles. The summed E-state index contributed by atoms with van der Waals surface area (Å²) in [5.41, 5.74) is -1.18. The van der Waals surface area contributed by atoms with Gasteiger partial charge in [-0.15, -0.1) is 11.3 Å². The van der Waals surface area contributed by atoms with Gasteiger partial charge in [-0.1, -0.05) is 6.07 Å². The Morgan fingerprint density at radius 3 is 2.53 bits per heavy atom. The molecule has 6 nitrogen and oxygen atoms in total. The molecule has 4 aromatic rings. The fourth-order valence-electron chi connectivity index (χ4n) is 3.05. The van der Waals surface area contributed by atoms with Crippen molar-refractivity contribution in [3.63, 3.8) is 0 Å². The Morgan fingerprint density at radius 1 is 1.09 bits per heavy atom. The molecule has 0 atom stereocenters. The van der Waals surface area contributed by atoms with E-state index < -0.39 is 27.6 Å². The summed E-state index contributed by atoms with van der Waals surface area (Å²) in [6.07, 6.45) is -0.964. The van der Waals surface area contributed by atoms with E-state index in [0.29, 0.717) is 11.5 Å². The Kier molecular flexibility index (Phi) is 5.51. The molecule has 2 heterocycles. The first-order valence-corrected chi connectivity index (χ1v) is 11.2. The van der Waals surface area contributed by atoms with E-state index in [1.807, 2.05) is 0 Å². The minimum atomic E-state index is -4.65. The summed E-state index contributed by atoms with van der Waals surface area (Å²) in [5.74, 6) is -1.04. The number of hydrogen-bond donors (Lipinski definition) is 0. The fourth-order valence-corrected chi connectivity index (χ4v) is 5.41. The minimum Gasteiger partial charge on any atom is -0.495 e. The van der Waals surface area contributed by atoms with Crippen LogP contribution in [0.4, 0.5) is 28.4 Å². The summed E-state index contributed by atoms with van der Waals surface area (Å²) in [7, 11) is -3.30. The lowest BCUT2D eigenvalue weighted by molar-refractivity contribution is -0.137. The number of thiazole rings is 1. The van der Waals surface area contributed by atoms with Crippen molar-refractivity contribution in [3.8, 4) is 5.75 Å². The number of alkyl halides is 3. The average molecular weight is 483 g/mol. The smallest absolute Gasteiger partial charge is 0.416 e. The van der Waals surface area contributed by atoms with E-state index in [1.165, 1.54) is 29.9 Å². The van der Waals surface area contributed by atoms with E-state index in [1.54, 1.807) is 0 Å². The Hall–Kier alpha value is -3.25. The van der Waals surface area contributed by atoms with Crippen molar-refractivity contribution in [3.05, 3.63) is 71.7 Å². The second kappa shape index (κ2) is 8.02. The van der Waals surface area contributed by atoms with Gasteiger partial charge in [0.1, 0.15) is 17.3 Å². The minimum absolute atomic E-state index is 0.0274. The Labute approximate surface area is 183 Å². The summed E-state index contributed by atoms with van der Waals surface area (Å²) in [6, 6.07) is 6.24. The molecule has 0 aliphatic carbocycles. The molecule has 2 aromatic heterocycles. The van der Waals surface area contributed by atoms with E-state index in [-0.39, 0.29) is 26.9 Å². The first kappa shape index (κ1) is 22.0. The number of ether oxygens (including phenoxy) is 1. The largest absolute Gasteiger partial charge is 0.495 e. The first-order chi connectivity index (χ1) is 15.1. The van der Waals surface area contributed by atoms with E-state index in [4.69, 9.17) is 4.74 Å². The number of rotatable bonds is 5. The lowest BCUT2D eigenvalue weighted by Crippen LogP contribution is -2.27. The van der Waals surface area contributed by atoms with Crippen LogP contribution in [0, 0.1) is 5.82 Å². The molecule has 0 radical (unpaired) electrons. The Bertz CT molecular complexity index is 1390. The number of aromatic nitrogens is 2. The summed E-state index contributed by atoms with van der Waals surface area (Å²) < 4.78 is 86.8. The standard InChI is InChI=1S/C20H13F4N3O3S2/c1-30-18-8-13(20(22,23)24)3-5-17(18)27(19-26-6-7-31-19)32(28,29)14-4-2-12-10-25-11-16(21)15(12)9-14/h2-11H,1H3. The van der Waals surface area contributed by atoms with Crippen molar-refractivity contribution in [2.75, 3.05) is 11.4 Å². The maximum atomic E-state index is 14.2. The quantitative estimate of drug-likeness (QED) is 0.356. The number of halogens is 4. The highest BCUT2D eigenvalue weighted by molar-refractivity contribution is 7.93. The summed E-state index contributed by atoms with van der Waals surface area (Å²) in [6.45, 7) is 0. The van der Waals surface area contributed by atoms with Gasteiger partial charge in [0.2, 0.25) is 5.13 Å². The summed E-state index contributed by atoms with van der Waals surface area (Å²) in [5, 5.41) is 1.90. The van der Waals surface area contributed by atoms with E-state index in [9.17, 15) is 26.0 Å². The maximum Gasteiger partial charge on any atom is 0.416 e. The monoisotopic (exact) mass is 483 g/mol. The van der Waals surface area contributed by atoms with Crippen molar-refractivity contribution >= 4 is 43.0 Å². The van der Waals surface area contributed by atoms with Gasteiger partial charge in [0.25, 0.3) is 10.0 Å². The lowest BCUT2D eigenvalue weighted by atomic mass is 10.2. The molecule has 0 saturated heterocycles. The van der Waals surface area contributed by atoms with Crippen molar-refractivity contribution in [1.82, 2.24) is 9.97 Å². The third-order valence-corrected chi connectivity index (χ3v) is 7.11. The van der Waals surface area contributed by atoms with Gasteiger partial charge in [-0.3, -0.25) is 4.98 Å². The van der Waals surface area contributed by atoms with Crippen molar-refractivity contribution in [1.29, 1.82) is 0 Å². The number of nitrogens with zero attached hydrogens (tertiary/aromatic N) is 3. The Morgan fingerprint density at radius 2 is 1.88 bits per heavy atom. The van der Waals surface area contributed by atoms with Gasteiger partial charge >= 0.3 is 6.18 Å². The molecular formula is C20H13F4N3O3S2. The second-order valence-corrected chi connectivity index (χ2v) is 9.13. The van der Waals surface area contributed by atoms with Gasteiger partial charge in [-0.05, 0) is 30.3 Å². The zero-order valence-corrected chi connectivity index (χ0v) is 17.8. The molecule has 12 heteroatoms. The first-order valence-electron chi connectivity index (χ1n) is 8.86. The zero-order valence-electron chi connectivity index (χ0n) is 16.2. The third kappa shape index (κ3) is 3.86. The molecule has 0 spiro atoms. The van der Waals surface area contributed by atoms with Crippen LogP contribution in [0.15, 0.2) is 65.3 Å². The van der Waals surface area contributed by atoms with Gasteiger partial charge in [-0.25, -0.2) is 22.1 Å². The predicted octanol–water partition coefficient (Wildman–Crippen LogP) is 5.38. The van der Waals surface area contributed by atoms with Crippen LogP contribution in [0.3, 0.4) is 0 Å². The molecule has 0 N–H and O–H groups in total. The van der Waals surface area contributed by atoms with Crippen molar-refractivity contribution in [2.24, 2.45) is 0 Å². The normalized spacial score (nSPS) is 12.2. The number of sulfonamides is 1. The summed E-state index contributed by atoms with van der Waals surface area (Å²) >= 11 is 0.957. The average Bonchev–Trinajstić information content (AvgIpc) is 3.27. The van der Waals surface area contributed by atoms with Crippen LogP contribution >= 0.6 is 11.3 Å². The summed E-state index contributed by atoms with van der Waals surface area (Å²) in [4.78, 5) is 7.46. The van der Waals surface area contributed by atoms with Crippen LogP contribution in [0.5, 0.6) is 5.75 Å². The van der Waals surface area contributed by atoms with Crippen LogP contribution in [0.1, 0.15) is 5.56 Å². The molecule has 2 aromatic carbocycles. The van der Waals surface area contributed by atoms with Crippen molar-refractivity contribution in [2.45, 2.75) is 11.1 Å². The van der Waals surface area contributed by atoms with Crippen LogP contribution < -0.4 is 9.04 Å². The Balaban J connectivity index is 1.93. The number of pyridine rings is 1. The van der Waals surface area contributed by atoms with Gasteiger partial charge < -0.3 is 4.74 Å². The molecule has 32 heavy (non-hydrogen) atoms. The SMILES string of the molecule is COc1cc(C(F)(F)F)ccc1N(c1nccs1)S(=O)(=O)c1ccc2cncc(F)c2c1. The molecular weight excluding hydrogens is 470 g/mol. The number of benzene rings is 2. The highest BCUT2D eigenvalue weighted by Gasteiger charge is 2.35. The molecule has 4 rings (SSSR count). The highest BCUT2D eigenvalue weighted by atomic mass is 32.2.